The first-order valence-electron chi connectivity index (χ1n) is 12.8. The van der Waals surface area contributed by atoms with Gasteiger partial charge in [0.2, 0.25) is 0 Å². The van der Waals surface area contributed by atoms with Gasteiger partial charge in [0.15, 0.2) is 0 Å². The van der Waals surface area contributed by atoms with Crippen LogP contribution in [-0.4, -0.2) is 54.0 Å². The molecule has 1 aromatic carbocycles. The highest BCUT2D eigenvalue weighted by Gasteiger charge is 2.23. The Morgan fingerprint density at radius 2 is 2.11 bits per heavy atom. The van der Waals surface area contributed by atoms with Gasteiger partial charge in [0.25, 0.3) is 5.56 Å². The predicted octanol–water partition coefficient (Wildman–Crippen LogP) is 4.13. The number of imidazole rings is 1. The topological polar surface area (TPSA) is 95.4 Å². The Kier molecular flexibility index (Phi) is 8.59. The molecule has 36 heavy (non-hydrogen) atoms. The second-order valence-corrected chi connectivity index (χ2v) is 10.2. The number of benzene rings is 1. The van der Waals surface area contributed by atoms with Crippen LogP contribution in [0.1, 0.15) is 37.8 Å². The molecule has 1 aliphatic rings. The minimum absolute atomic E-state index is 0.0922. The van der Waals surface area contributed by atoms with Crippen LogP contribution in [0, 0.1) is 24.7 Å². The minimum atomic E-state index is -0.302. The Morgan fingerprint density at radius 1 is 1.28 bits per heavy atom. The summed E-state index contributed by atoms with van der Waals surface area (Å²) >= 11 is 0. The minimum Gasteiger partial charge on any atom is -0.465 e. The summed E-state index contributed by atoms with van der Waals surface area (Å²) in [4.78, 5) is 32.3. The predicted molar refractivity (Wildman–Crippen MR) is 139 cm³/mol. The highest BCUT2D eigenvalue weighted by atomic mass is 16.5. The van der Waals surface area contributed by atoms with Gasteiger partial charge in [-0.3, -0.25) is 9.59 Å². The molecular weight excluding hydrogens is 458 g/mol. The molecule has 0 saturated carbocycles. The monoisotopic (exact) mass is 495 g/mol. The average molecular weight is 496 g/mol. The fraction of sp³-hybridized carbons (Fsp3) is 0.536. The molecule has 0 amide bonds. The zero-order valence-corrected chi connectivity index (χ0v) is 21.7. The zero-order valence-electron chi connectivity index (χ0n) is 21.7. The third-order valence-electron chi connectivity index (χ3n) is 6.67. The molecule has 8 heteroatoms. The van der Waals surface area contributed by atoms with Crippen molar-refractivity contribution in [3.63, 3.8) is 0 Å². The summed E-state index contributed by atoms with van der Waals surface area (Å²) in [5, 5.41) is 0. The number of rotatable bonds is 11. The first kappa shape index (κ1) is 26.1. The van der Waals surface area contributed by atoms with Gasteiger partial charge in [-0.25, -0.2) is 4.98 Å². The van der Waals surface area contributed by atoms with Crippen LogP contribution < -0.4 is 5.56 Å². The Hall–Kier alpha value is -2.97. The van der Waals surface area contributed by atoms with Crippen LogP contribution in [-0.2, 0) is 32.0 Å². The van der Waals surface area contributed by atoms with Crippen molar-refractivity contribution in [2.75, 3.05) is 33.5 Å². The molecule has 2 atom stereocenters. The van der Waals surface area contributed by atoms with E-state index in [9.17, 15) is 9.59 Å². The highest BCUT2D eigenvalue weighted by Crippen LogP contribution is 2.28. The van der Waals surface area contributed by atoms with Crippen molar-refractivity contribution in [3.05, 3.63) is 51.9 Å². The van der Waals surface area contributed by atoms with Crippen molar-refractivity contribution in [1.82, 2.24) is 14.5 Å². The lowest BCUT2D eigenvalue weighted by Gasteiger charge is -2.16. The van der Waals surface area contributed by atoms with Crippen LogP contribution in [0.5, 0.6) is 0 Å². The van der Waals surface area contributed by atoms with Crippen molar-refractivity contribution in [3.8, 4) is 11.4 Å². The Morgan fingerprint density at radius 3 is 2.81 bits per heavy atom. The standard InChI is InChI=1S/C28H37N3O5/c1-18(2)15-36-28(33)22(17-34-4)7-5-20-6-8-25-24(12-20)30-26(23-11-19(3)27(32)29-13-23)31(25)14-21-9-10-35-16-21/h6,8,11-13,18,21-22H,5,7,9-10,14-17H2,1-4H3,(H,29,32)/t21?,22-/m0/s1. The number of aryl methyl sites for hydroxylation is 2. The normalized spacial score (nSPS) is 16.6. The molecule has 0 radical (unpaired) electrons. The number of ether oxygens (including phenoxy) is 3. The molecule has 3 aromatic rings. The van der Waals surface area contributed by atoms with Crippen molar-refractivity contribution in [2.24, 2.45) is 17.8 Å². The number of carbonyl (C=O) groups excluding carboxylic acids is 1. The van der Waals surface area contributed by atoms with Crippen LogP contribution in [0.15, 0.2) is 35.3 Å². The van der Waals surface area contributed by atoms with Crippen LogP contribution in [0.4, 0.5) is 0 Å². The number of H-pyrrole nitrogens is 1. The lowest BCUT2D eigenvalue weighted by molar-refractivity contribution is -0.151. The molecule has 1 saturated heterocycles. The quantitative estimate of drug-likeness (QED) is 0.402. The van der Waals surface area contributed by atoms with Crippen molar-refractivity contribution in [2.45, 2.75) is 46.6 Å². The van der Waals surface area contributed by atoms with Crippen LogP contribution in [0.2, 0.25) is 0 Å². The summed E-state index contributed by atoms with van der Waals surface area (Å²) in [5.41, 5.74) is 4.51. The number of hydrogen-bond donors (Lipinski definition) is 1. The van der Waals surface area contributed by atoms with Gasteiger partial charge in [-0.2, -0.15) is 0 Å². The second-order valence-electron chi connectivity index (χ2n) is 10.2. The summed E-state index contributed by atoms with van der Waals surface area (Å²) in [6.45, 7) is 8.95. The van der Waals surface area contributed by atoms with Gasteiger partial charge in [0, 0.05) is 43.5 Å². The molecule has 1 unspecified atom stereocenters. The van der Waals surface area contributed by atoms with Gasteiger partial charge < -0.3 is 23.8 Å². The summed E-state index contributed by atoms with van der Waals surface area (Å²) in [6.07, 6.45) is 4.12. The molecule has 0 aliphatic carbocycles. The van der Waals surface area contributed by atoms with E-state index in [4.69, 9.17) is 19.2 Å². The average Bonchev–Trinajstić information content (AvgIpc) is 3.50. The van der Waals surface area contributed by atoms with E-state index in [1.165, 1.54) is 0 Å². The molecule has 2 aromatic heterocycles. The van der Waals surface area contributed by atoms with Gasteiger partial charge in [0.1, 0.15) is 5.82 Å². The number of nitrogens with one attached hydrogen (secondary N) is 1. The number of methoxy groups -OCH3 is 1. The first-order chi connectivity index (χ1) is 17.4. The van der Waals surface area contributed by atoms with Crippen LogP contribution in [0.25, 0.3) is 22.4 Å². The number of pyridine rings is 1. The molecule has 1 aliphatic heterocycles. The smallest absolute Gasteiger partial charge is 0.311 e. The van der Waals surface area contributed by atoms with E-state index in [2.05, 4.69) is 27.8 Å². The molecule has 0 spiro atoms. The molecular formula is C28H37N3O5. The summed E-state index contributed by atoms with van der Waals surface area (Å²) in [7, 11) is 1.61. The lowest BCUT2D eigenvalue weighted by Crippen LogP contribution is -2.24. The third kappa shape index (κ3) is 6.23. The number of carbonyl (C=O) groups is 1. The van der Waals surface area contributed by atoms with E-state index < -0.39 is 0 Å². The number of aromatic nitrogens is 3. The van der Waals surface area contributed by atoms with E-state index in [0.29, 0.717) is 37.0 Å². The van der Waals surface area contributed by atoms with Gasteiger partial charge in [0.05, 0.1) is 36.8 Å². The number of aromatic amines is 1. The molecule has 8 nitrogen and oxygen atoms in total. The Balaban J connectivity index is 1.59. The second kappa shape index (κ2) is 11.8. The molecule has 4 rings (SSSR count). The van der Waals surface area contributed by atoms with Crippen LogP contribution >= 0.6 is 0 Å². The molecule has 3 heterocycles. The zero-order chi connectivity index (χ0) is 25.7. The van der Waals surface area contributed by atoms with Gasteiger partial charge >= 0.3 is 5.97 Å². The van der Waals surface area contributed by atoms with E-state index in [-0.39, 0.29) is 17.4 Å². The van der Waals surface area contributed by atoms with Crippen molar-refractivity contribution >= 4 is 17.0 Å². The largest absolute Gasteiger partial charge is 0.465 e. The Bertz CT molecular complexity index is 1240. The van der Waals surface area contributed by atoms with Gasteiger partial charge in [-0.05, 0) is 55.9 Å². The fourth-order valence-electron chi connectivity index (χ4n) is 4.63. The maximum absolute atomic E-state index is 12.5. The number of fused-ring (bicyclic) bond motifs is 1. The molecule has 0 bridgehead atoms. The maximum Gasteiger partial charge on any atom is 0.311 e. The number of nitrogens with zero attached hydrogens (tertiary/aromatic N) is 2. The van der Waals surface area contributed by atoms with E-state index in [1.54, 1.807) is 20.2 Å². The third-order valence-corrected chi connectivity index (χ3v) is 6.67. The summed E-state index contributed by atoms with van der Waals surface area (Å²) in [5.74, 6) is 1.06. The maximum atomic E-state index is 12.5. The summed E-state index contributed by atoms with van der Waals surface area (Å²) < 4.78 is 18.6. The molecule has 1 N–H and O–H groups in total. The van der Waals surface area contributed by atoms with Gasteiger partial charge in [-0.15, -0.1) is 0 Å². The molecule has 194 valence electrons. The van der Waals surface area contributed by atoms with Crippen molar-refractivity contribution < 1.29 is 19.0 Å². The van der Waals surface area contributed by atoms with Gasteiger partial charge in [-0.1, -0.05) is 19.9 Å². The van der Waals surface area contributed by atoms with E-state index >= 15 is 0 Å². The van der Waals surface area contributed by atoms with E-state index in [0.717, 1.165) is 60.6 Å². The molecule has 1 fully saturated rings. The Labute approximate surface area is 212 Å². The van der Waals surface area contributed by atoms with Crippen molar-refractivity contribution in [1.29, 1.82) is 0 Å². The highest BCUT2D eigenvalue weighted by molar-refractivity contribution is 5.81. The number of esters is 1. The summed E-state index contributed by atoms with van der Waals surface area (Å²) in [6, 6.07) is 8.21. The van der Waals surface area contributed by atoms with E-state index in [1.807, 2.05) is 19.9 Å². The SMILES string of the molecule is COC[C@H](CCc1ccc2c(c1)nc(-c1c[nH]c(=O)c(C)c1)n2CC1CCOC1)C(=O)OCC(C)C. The fourth-order valence-corrected chi connectivity index (χ4v) is 4.63. The first-order valence-corrected chi connectivity index (χ1v) is 12.8. The van der Waals surface area contributed by atoms with Crippen LogP contribution in [0.3, 0.4) is 0 Å². The lowest BCUT2D eigenvalue weighted by atomic mass is 9.99. The number of hydrogen-bond acceptors (Lipinski definition) is 6.